The van der Waals surface area contributed by atoms with E-state index >= 15 is 0 Å². The fourth-order valence-electron chi connectivity index (χ4n) is 2.72. The predicted molar refractivity (Wildman–Crippen MR) is 109 cm³/mol. The molecule has 1 atom stereocenters. The second-order valence-corrected chi connectivity index (χ2v) is 8.26. The van der Waals surface area contributed by atoms with Crippen molar-refractivity contribution in [2.24, 2.45) is 5.92 Å². The number of carbonyl (C=O) groups excluding carboxylic acids is 2. The first-order valence-corrected chi connectivity index (χ1v) is 9.77. The van der Waals surface area contributed by atoms with E-state index in [-0.39, 0.29) is 17.9 Å². The van der Waals surface area contributed by atoms with Crippen molar-refractivity contribution in [3.63, 3.8) is 0 Å². The van der Waals surface area contributed by atoms with Crippen molar-refractivity contribution in [2.75, 3.05) is 6.61 Å². The summed E-state index contributed by atoms with van der Waals surface area (Å²) in [4.78, 5) is 29.6. The number of amides is 1. The zero-order valence-corrected chi connectivity index (χ0v) is 18.1. The minimum Gasteiger partial charge on any atom is -0.452 e. The molecule has 0 saturated heterocycles. The Morgan fingerprint density at radius 2 is 1.93 bits per heavy atom. The van der Waals surface area contributed by atoms with Crippen LogP contribution in [0.25, 0.3) is 11.0 Å². The van der Waals surface area contributed by atoms with Crippen LogP contribution in [0.2, 0.25) is 0 Å². The smallest absolute Gasteiger partial charge is 0.339 e. The summed E-state index contributed by atoms with van der Waals surface area (Å²) in [6, 6.07) is 3.86. The molecule has 0 fully saturated rings. The lowest BCUT2D eigenvalue weighted by molar-refractivity contribution is -0.125. The molecule has 0 saturated carbocycles. The van der Waals surface area contributed by atoms with Crippen molar-refractivity contribution in [3.05, 3.63) is 23.5 Å². The molecule has 0 bridgehead atoms. The normalized spacial score (nSPS) is 13.6. The quantitative estimate of drug-likeness (QED) is 0.715. The lowest BCUT2D eigenvalue weighted by Crippen LogP contribution is -2.50. The summed E-state index contributed by atoms with van der Waals surface area (Å²) >= 11 is 0. The summed E-state index contributed by atoms with van der Waals surface area (Å²) in [5.74, 6) is -1.14. The molecule has 1 amide bonds. The highest BCUT2D eigenvalue weighted by Crippen LogP contribution is 2.25. The maximum absolute atomic E-state index is 12.8. The first kappa shape index (κ1) is 22.3. The van der Waals surface area contributed by atoms with Crippen LogP contribution in [0.15, 0.2) is 12.3 Å². The highest BCUT2D eigenvalue weighted by molar-refractivity contribution is 6.03. The molecule has 8 nitrogen and oxygen atoms in total. The van der Waals surface area contributed by atoms with Gasteiger partial charge in [-0.05, 0) is 38.7 Å². The number of fused-ring (bicyclic) bond motifs is 1. The van der Waals surface area contributed by atoms with Crippen LogP contribution < -0.4 is 5.32 Å². The molecule has 29 heavy (non-hydrogen) atoms. The van der Waals surface area contributed by atoms with Gasteiger partial charge in [0.25, 0.3) is 5.91 Å². The molecule has 0 aliphatic heterocycles. The predicted octanol–water partition coefficient (Wildman–Crippen LogP) is 3.35. The molecule has 0 spiro atoms. The van der Waals surface area contributed by atoms with E-state index < -0.39 is 24.0 Å². The lowest BCUT2D eigenvalue weighted by Gasteiger charge is -2.27. The van der Waals surface area contributed by atoms with E-state index in [1.165, 1.54) is 0 Å². The molecule has 2 heterocycles. The van der Waals surface area contributed by atoms with E-state index in [1.807, 2.05) is 41.5 Å². The molecule has 1 N–H and O–H groups in total. The Morgan fingerprint density at radius 1 is 1.28 bits per heavy atom. The number of rotatable bonds is 7. The van der Waals surface area contributed by atoms with E-state index in [2.05, 4.69) is 21.5 Å². The number of aromatic nitrogens is 3. The summed E-state index contributed by atoms with van der Waals surface area (Å²) in [6.45, 7) is 12.8. The van der Waals surface area contributed by atoms with Gasteiger partial charge in [-0.15, -0.1) is 0 Å². The molecule has 2 aromatic heterocycles. The number of carbonyl (C=O) groups is 2. The largest absolute Gasteiger partial charge is 0.452 e. The minimum atomic E-state index is -1.03. The number of hydrogen-bond donors (Lipinski definition) is 1. The number of ether oxygens (including phenoxy) is 1. The number of esters is 1. The van der Waals surface area contributed by atoms with Crippen molar-refractivity contribution < 1.29 is 14.3 Å². The minimum absolute atomic E-state index is 0.0803. The van der Waals surface area contributed by atoms with E-state index in [0.29, 0.717) is 16.6 Å². The van der Waals surface area contributed by atoms with Crippen LogP contribution in [-0.2, 0) is 9.53 Å². The Balaban J connectivity index is 2.27. The molecule has 156 valence electrons. The maximum atomic E-state index is 12.8. The van der Waals surface area contributed by atoms with E-state index in [4.69, 9.17) is 4.74 Å². The molecule has 0 radical (unpaired) electrons. The van der Waals surface area contributed by atoms with Crippen molar-refractivity contribution in [2.45, 2.75) is 66.0 Å². The Bertz CT molecular complexity index is 955. The number of nitrogens with zero attached hydrogens (tertiary/aromatic N) is 4. The number of nitrogens with one attached hydrogen (secondary N) is 1. The van der Waals surface area contributed by atoms with Crippen LogP contribution in [0, 0.1) is 17.2 Å². The van der Waals surface area contributed by atoms with E-state index in [0.717, 1.165) is 5.69 Å². The summed E-state index contributed by atoms with van der Waals surface area (Å²) in [7, 11) is 0. The Kier molecular flexibility index (Phi) is 6.62. The summed E-state index contributed by atoms with van der Waals surface area (Å²) < 4.78 is 7.00. The van der Waals surface area contributed by atoms with Gasteiger partial charge in [0.2, 0.25) is 0 Å². The van der Waals surface area contributed by atoms with Gasteiger partial charge in [-0.2, -0.15) is 10.4 Å². The fraction of sp³-hybridized carbons (Fsp3) is 0.571. The van der Waals surface area contributed by atoms with Gasteiger partial charge < -0.3 is 10.1 Å². The van der Waals surface area contributed by atoms with Gasteiger partial charge in [0.1, 0.15) is 5.54 Å². The van der Waals surface area contributed by atoms with Gasteiger partial charge in [-0.1, -0.05) is 27.7 Å². The highest BCUT2D eigenvalue weighted by atomic mass is 16.5. The third-order valence-electron chi connectivity index (χ3n) is 5.01. The molecular weight excluding hydrogens is 370 g/mol. The molecule has 0 aromatic carbocycles. The van der Waals surface area contributed by atoms with Crippen molar-refractivity contribution in [3.8, 4) is 6.07 Å². The van der Waals surface area contributed by atoms with Crippen LogP contribution in [0.4, 0.5) is 0 Å². The van der Waals surface area contributed by atoms with Crippen LogP contribution in [0.1, 0.15) is 76.5 Å². The third-order valence-corrected chi connectivity index (χ3v) is 5.01. The van der Waals surface area contributed by atoms with Gasteiger partial charge in [-0.25, -0.2) is 14.5 Å². The second-order valence-electron chi connectivity index (χ2n) is 8.26. The Hall–Kier alpha value is -2.95. The Morgan fingerprint density at radius 3 is 2.45 bits per heavy atom. The van der Waals surface area contributed by atoms with Crippen LogP contribution in [0.5, 0.6) is 0 Å². The molecule has 2 rings (SSSR count). The third kappa shape index (κ3) is 4.73. The van der Waals surface area contributed by atoms with Gasteiger partial charge in [0.15, 0.2) is 12.3 Å². The van der Waals surface area contributed by atoms with E-state index in [9.17, 15) is 14.9 Å². The number of pyridine rings is 1. The molecule has 0 aliphatic carbocycles. The first-order chi connectivity index (χ1) is 13.5. The molecule has 0 aliphatic rings. The monoisotopic (exact) mass is 399 g/mol. The fourth-order valence-corrected chi connectivity index (χ4v) is 2.72. The van der Waals surface area contributed by atoms with Crippen LogP contribution in [-0.4, -0.2) is 38.8 Å². The first-order valence-electron chi connectivity index (χ1n) is 9.77. The molecule has 8 heteroatoms. The highest BCUT2D eigenvalue weighted by Gasteiger charge is 2.30. The zero-order chi connectivity index (χ0) is 21.9. The molecule has 0 unspecified atom stereocenters. The summed E-state index contributed by atoms with van der Waals surface area (Å²) in [6.07, 6.45) is 1.59. The average molecular weight is 399 g/mol. The number of hydrogen-bond acceptors (Lipinski definition) is 6. The lowest BCUT2D eigenvalue weighted by atomic mass is 9.90. The standard InChI is InChI=1S/C21H29N5O3/c1-12(2)17-8-15(16-9-23-26(14(5)6)19(16)24-17)20(28)29-10-18(27)25-21(7,11-22)13(3)4/h8-9,12-14H,10H2,1-7H3,(H,25,27)/t21-/m1/s1. The number of nitriles is 1. The van der Waals surface area contributed by atoms with Gasteiger partial charge in [-0.3, -0.25) is 4.79 Å². The van der Waals surface area contributed by atoms with E-state index in [1.54, 1.807) is 23.9 Å². The maximum Gasteiger partial charge on any atom is 0.339 e. The van der Waals surface area contributed by atoms with Crippen molar-refractivity contribution in [1.29, 1.82) is 5.26 Å². The topological polar surface area (TPSA) is 110 Å². The SMILES string of the molecule is CC(C)c1cc(C(=O)OCC(=O)N[C@](C)(C#N)C(C)C)c2cnn(C(C)C)c2n1. The Labute approximate surface area is 171 Å². The summed E-state index contributed by atoms with van der Waals surface area (Å²) in [5.41, 5.74) is 0.648. The zero-order valence-electron chi connectivity index (χ0n) is 18.1. The van der Waals surface area contributed by atoms with Crippen molar-refractivity contribution >= 4 is 22.9 Å². The van der Waals surface area contributed by atoms with Crippen molar-refractivity contribution in [1.82, 2.24) is 20.1 Å². The van der Waals surface area contributed by atoms with Gasteiger partial charge in [0.05, 0.1) is 23.2 Å². The molecular formula is C21H29N5O3. The van der Waals surface area contributed by atoms with Gasteiger partial charge in [0, 0.05) is 11.7 Å². The van der Waals surface area contributed by atoms with Gasteiger partial charge >= 0.3 is 5.97 Å². The van der Waals surface area contributed by atoms with Crippen LogP contribution >= 0.6 is 0 Å². The second kappa shape index (κ2) is 8.60. The van der Waals surface area contributed by atoms with Crippen LogP contribution in [0.3, 0.4) is 0 Å². The average Bonchev–Trinajstić information content (AvgIpc) is 3.09. The summed E-state index contributed by atoms with van der Waals surface area (Å²) in [5, 5.41) is 16.9. The molecule has 2 aromatic rings.